The molecule has 26 heavy (non-hydrogen) atoms. The van der Waals surface area contributed by atoms with Crippen LogP contribution in [0, 0.1) is 0 Å². The topological polar surface area (TPSA) is 36.0 Å². The molecule has 3 rings (SSSR count). The summed E-state index contributed by atoms with van der Waals surface area (Å²) in [5, 5.41) is 0. The first-order chi connectivity index (χ1) is 12.6. The Balaban J connectivity index is 1.49. The number of carbonyl (C=O) groups excluding carboxylic acids is 1. The number of methoxy groups -OCH3 is 1. The van der Waals surface area contributed by atoms with E-state index in [0.29, 0.717) is 24.5 Å². The van der Waals surface area contributed by atoms with Crippen LogP contribution in [-0.2, 0) is 4.79 Å². The van der Waals surface area contributed by atoms with Crippen LogP contribution in [-0.4, -0.2) is 73.0 Å². The van der Waals surface area contributed by atoms with Gasteiger partial charge in [0.1, 0.15) is 5.75 Å². The molecule has 5 heteroatoms. The summed E-state index contributed by atoms with van der Waals surface area (Å²) in [7, 11) is 1.71. The van der Waals surface area contributed by atoms with Gasteiger partial charge in [0.05, 0.1) is 13.7 Å². The summed E-state index contributed by atoms with van der Waals surface area (Å²) in [6.07, 6.45) is 3.56. The van der Waals surface area contributed by atoms with E-state index in [9.17, 15) is 4.79 Å². The highest BCUT2D eigenvalue weighted by molar-refractivity contribution is 5.78. The summed E-state index contributed by atoms with van der Waals surface area (Å²) in [6, 6.07) is 9.11. The Kier molecular flexibility index (Phi) is 6.54. The number of ether oxygens (including phenoxy) is 1. The van der Waals surface area contributed by atoms with Crippen LogP contribution in [0.5, 0.6) is 5.75 Å². The van der Waals surface area contributed by atoms with E-state index in [1.807, 2.05) is 6.07 Å². The van der Waals surface area contributed by atoms with Gasteiger partial charge in [-0.15, -0.1) is 0 Å². The molecule has 5 nitrogen and oxygen atoms in total. The summed E-state index contributed by atoms with van der Waals surface area (Å²) in [5.74, 6) is 1.22. The minimum atomic E-state index is 0.312. The first kappa shape index (κ1) is 19.2. The Morgan fingerprint density at radius 2 is 1.96 bits per heavy atom. The van der Waals surface area contributed by atoms with Crippen molar-refractivity contribution in [2.75, 3.05) is 46.4 Å². The summed E-state index contributed by atoms with van der Waals surface area (Å²) >= 11 is 0. The number of likely N-dealkylation sites (tertiary alicyclic amines) is 1. The third-order valence-corrected chi connectivity index (χ3v) is 6.01. The summed E-state index contributed by atoms with van der Waals surface area (Å²) < 4.78 is 5.35. The molecule has 2 heterocycles. The Bertz CT molecular complexity index is 599. The molecule has 0 N–H and O–H groups in total. The molecule has 2 aliphatic rings. The molecular weight excluding hydrogens is 326 g/mol. The second-order valence-electron chi connectivity index (χ2n) is 7.70. The van der Waals surface area contributed by atoms with Crippen LogP contribution in [0.1, 0.15) is 44.7 Å². The molecule has 0 unspecified atom stereocenters. The molecule has 1 amide bonds. The van der Waals surface area contributed by atoms with Gasteiger partial charge in [0.2, 0.25) is 5.91 Å². The van der Waals surface area contributed by atoms with E-state index in [4.69, 9.17) is 4.74 Å². The van der Waals surface area contributed by atoms with E-state index in [2.05, 4.69) is 46.7 Å². The van der Waals surface area contributed by atoms with Gasteiger partial charge in [-0.3, -0.25) is 14.6 Å². The lowest BCUT2D eigenvalue weighted by Gasteiger charge is -2.40. The number of nitrogens with zero attached hydrogens (tertiary/aromatic N) is 3. The lowest BCUT2D eigenvalue weighted by molar-refractivity contribution is -0.136. The predicted octanol–water partition coefficient (Wildman–Crippen LogP) is 2.77. The van der Waals surface area contributed by atoms with Crippen LogP contribution < -0.4 is 4.74 Å². The van der Waals surface area contributed by atoms with Crippen molar-refractivity contribution in [1.82, 2.24) is 14.7 Å². The maximum atomic E-state index is 12.6. The van der Waals surface area contributed by atoms with Crippen molar-refractivity contribution < 1.29 is 9.53 Å². The van der Waals surface area contributed by atoms with Crippen molar-refractivity contribution in [3.05, 3.63) is 29.8 Å². The fraction of sp³-hybridized carbons (Fsp3) is 0.667. The number of carbonyl (C=O) groups is 1. The minimum absolute atomic E-state index is 0.312. The molecule has 0 aromatic heterocycles. The molecule has 1 aromatic rings. The van der Waals surface area contributed by atoms with Gasteiger partial charge in [0, 0.05) is 44.8 Å². The van der Waals surface area contributed by atoms with Gasteiger partial charge in [0.15, 0.2) is 0 Å². The molecule has 1 aromatic carbocycles. The summed E-state index contributed by atoms with van der Waals surface area (Å²) in [4.78, 5) is 19.6. The summed E-state index contributed by atoms with van der Waals surface area (Å²) in [6.45, 7) is 9.88. The first-order valence-electron chi connectivity index (χ1n) is 9.98. The van der Waals surface area contributed by atoms with Gasteiger partial charge in [0.25, 0.3) is 0 Å². The molecule has 2 saturated heterocycles. The van der Waals surface area contributed by atoms with Crippen molar-refractivity contribution in [3.8, 4) is 5.75 Å². The molecule has 0 aliphatic carbocycles. The Labute approximate surface area is 157 Å². The van der Waals surface area contributed by atoms with E-state index in [1.54, 1.807) is 7.11 Å². The van der Waals surface area contributed by atoms with Gasteiger partial charge < -0.3 is 9.64 Å². The molecule has 0 bridgehead atoms. The molecule has 0 spiro atoms. The SMILES string of the molecule is COc1cccc([C@@H](C)N2CCN(CC(=O)N3CCCC[C@H]3C)CC2)c1. The third kappa shape index (κ3) is 4.57. The Morgan fingerprint density at radius 3 is 2.65 bits per heavy atom. The van der Waals surface area contributed by atoms with Crippen LogP contribution in [0.3, 0.4) is 0 Å². The van der Waals surface area contributed by atoms with Crippen LogP contribution in [0.15, 0.2) is 24.3 Å². The second kappa shape index (κ2) is 8.87. The lowest BCUT2D eigenvalue weighted by Crippen LogP contribution is -2.52. The predicted molar refractivity (Wildman–Crippen MR) is 104 cm³/mol. The minimum Gasteiger partial charge on any atom is -0.497 e. The van der Waals surface area contributed by atoms with E-state index in [-0.39, 0.29) is 0 Å². The molecule has 2 fully saturated rings. The molecule has 144 valence electrons. The standard InChI is InChI=1S/C21H33N3O2/c1-17-7-4-5-10-24(17)21(25)16-22-11-13-23(14-12-22)18(2)19-8-6-9-20(15-19)26-3/h6,8-9,15,17-18H,4-5,7,10-14,16H2,1-3H3/t17-,18-/m1/s1. The zero-order chi connectivity index (χ0) is 18.5. The van der Waals surface area contributed by atoms with E-state index < -0.39 is 0 Å². The van der Waals surface area contributed by atoms with Crippen molar-refractivity contribution in [1.29, 1.82) is 0 Å². The molecule has 2 aliphatic heterocycles. The lowest BCUT2D eigenvalue weighted by atomic mass is 10.0. The first-order valence-corrected chi connectivity index (χ1v) is 9.98. The van der Waals surface area contributed by atoms with Crippen LogP contribution in [0.4, 0.5) is 0 Å². The largest absolute Gasteiger partial charge is 0.497 e. The normalized spacial score (nSPS) is 23.7. The van der Waals surface area contributed by atoms with Gasteiger partial charge >= 0.3 is 0 Å². The zero-order valence-electron chi connectivity index (χ0n) is 16.5. The van der Waals surface area contributed by atoms with E-state index in [0.717, 1.165) is 51.3 Å². The number of amides is 1. The van der Waals surface area contributed by atoms with Gasteiger partial charge in [-0.05, 0) is 50.8 Å². The van der Waals surface area contributed by atoms with Crippen molar-refractivity contribution >= 4 is 5.91 Å². The fourth-order valence-corrected chi connectivity index (χ4v) is 4.17. The van der Waals surface area contributed by atoms with Crippen molar-refractivity contribution in [2.45, 2.75) is 45.2 Å². The van der Waals surface area contributed by atoms with Crippen molar-refractivity contribution in [2.24, 2.45) is 0 Å². The van der Waals surface area contributed by atoms with Crippen molar-refractivity contribution in [3.63, 3.8) is 0 Å². The molecule has 0 saturated carbocycles. The molecular formula is C21H33N3O2. The molecule has 0 radical (unpaired) electrons. The number of benzene rings is 1. The Hall–Kier alpha value is -1.59. The maximum absolute atomic E-state index is 12.6. The van der Waals surface area contributed by atoms with Crippen LogP contribution in [0.2, 0.25) is 0 Å². The highest BCUT2D eigenvalue weighted by atomic mass is 16.5. The zero-order valence-corrected chi connectivity index (χ0v) is 16.5. The summed E-state index contributed by atoms with van der Waals surface area (Å²) in [5.41, 5.74) is 1.29. The second-order valence-corrected chi connectivity index (χ2v) is 7.70. The van der Waals surface area contributed by atoms with Gasteiger partial charge in [-0.2, -0.15) is 0 Å². The van der Waals surface area contributed by atoms with E-state index in [1.165, 1.54) is 12.0 Å². The highest BCUT2D eigenvalue weighted by Crippen LogP contribution is 2.25. The fourth-order valence-electron chi connectivity index (χ4n) is 4.17. The Morgan fingerprint density at radius 1 is 1.19 bits per heavy atom. The van der Waals surface area contributed by atoms with Crippen LogP contribution >= 0.6 is 0 Å². The molecule has 2 atom stereocenters. The quantitative estimate of drug-likeness (QED) is 0.810. The van der Waals surface area contributed by atoms with E-state index >= 15 is 0 Å². The van der Waals surface area contributed by atoms with Gasteiger partial charge in [-0.25, -0.2) is 0 Å². The average Bonchev–Trinajstić information content (AvgIpc) is 2.68. The number of hydrogen-bond donors (Lipinski definition) is 0. The average molecular weight is 360 g/mol. The van der Waals surface area contributed by atoms with Crippen LogP contribution in [0.25, 0.3) is 0 Å². The third-order valence-electron chi connectivity index (χ3n) is 6.01. The number of piperidine rings is 1. The smallest absolute Gasteiger partial charge is 0.236 e. The highest BCUT2D eigenvalue weighted by Gasteiger charge is 2.27. The monoisotopic (exact) mass is 359 g/mol. The number of hydrogen-bond acceptors (Lipinski definition) is 4. The maximum Gasteiger partial charge on any atom is 0.236 e. The number of rotatable bonds is 5. The number of piperazine rings is 1. The van der Waals surface area contributed by atoms with Gasteiger partial charge in [-0.1, -0.05) is 12.1 Å².